The molecular weight excluding hydrogens is 291 g/mol. The first kappa shape index (κ1) is 15.6. The van der Waals surface area contributed by atoms with Gasteiger partial charge in [-0.25, -0.2) is 14.8 Å². The Morgan fingerprint density at radius 1 is 1.38 bits per heavy atom. The molecule has 2 heterocycles. The van der Waals surface area contributed by atoms with Crippen LogP contribution in [0.25, 0.3) is 0 Å². The topological polar surface area (TPSA) is 84.3 Å². The molecule has 0 spiro atoms. The Hall–Kier alpha value is -1.74. The lowest BCUT2D eigenvalue weighted by molar-refractivity contribution is -0.173. The molecule has 1 aliphatic heterocycles. The maximum atomic E-state index is 11.9. The molecule has 0 atom stereocenters. The number of fused-ring (bicyclic) bond motifs is 1. The van der Waals surface area contributed by atoms with Gasteiger partial charge >= 0.3 is 12.1 Å². The summed E-state index contributed by atoms with van der Waals surface area (Å²) in [7, 11) is 0. The van der Waals surface area contributed by atoms with Crippen molar-refractivity contribution in [2.24, 2.45) is 0 Å². The number of aromatic carboxylic acids is 1. The molecule has 0 saturated heterocycles. The number of carboxylic acids is 1. The van der Waals surface area contributed by atoms with Crippen LogP contribution in [-0.4, -0.2) is 47.0 Å². The molecule has 21 heavy (non-hydrogen) atoms. The summed E-state index contributed by atoms with van der Waals surface area (Å²) in [6.45, 7) is -0.502. The average molecular weight is 305 g/mol. The van der Waals surface area contributed by atoms with Crippen molar-refractivity contribution in [2.45, 2.75) is 25.6 Å². The monoisotopic (exact) mass is 305 g/mol. The Bertz CT molecular complexity index is 534. The molecule has 0 aliphatic carbocycles. The molecule has 9 heteroatoms. The zero-order valence-electron chi connectivity index (χ0n) is 11.0. The Kier molecular flexibility index (Phi) is 4.73. The van der Waals surface area contributed by atoms with Crippen LogP contribution in [0.3, 0.4) is 0 Å². The maximum Gasteiger partial charge on any atom is 0.411 e. The van der Waals surface area contributed by atoms with E-state index in [-0.39, 0.29) is 24.5 Å². The van der Waals surface area contributed by atoms with Crippen LogP contribution in [0.4, 0.5) is 13.2 Å². The highest BCUT2D eigenvalue weighted by atomic mass is 19.4. The number of hydrogen-bond acceptors (Lipinski definition) is 5. The number of aromatic nitrogens is 2. The summed E-state index contributed by atoms with van der Waals surface area (Å²) in [5.41, 5.74) is 1.07. The minimum absolute atomic E-state index is 0.0388. The van der Waals surface area contributed by atoms with E-state index < -0.39 is 18.8 Å². The van der Waals surface area contributed by atoms with E-state index in [1.807, 2.05) is 0 Å². The Morgan fingerprint density at radius 2 is 2.14 bits per heavy atom. The molecule has 6 nitrogen and oxygen atoms in total. The molecule has 2 rings (SSSR count). The largest absolute Gasteiger partial charge is 0.476 e. The van der Waals surface area contributed by atoms with Crippen LogP contribution in [-0.2, 0) is 24.1 Å². The van der Waals surface area contributed by atoms with Gasteiger partial charge in [-0.3, -0.25) is 0 Å². The fraction of sp³-hybridized carbons (Fsp3) is 0.583. The Morgan fingerprint density at radius 3 is 2.81 bits per heavy atom. The molecule has 1 aliphatic rings. The van der Waals surface area contributed by atoms with Crippen LogP contribution in [0, 0.1) is 0 Å². The third-order valence-corrected chi connectivity index (χ3v) is 2.92. The second kappa shape index (κ2) is 6.35. The predicted molar refractivity (Wildman–Crippen MR) is 65.0 cm³/mol. The van der Waals surface area contributed by atoms with Gasteiger partial charge in [0.1, 0.15) is 12.4 Å². The van der Waals surface area contributed by atoms with E-state index >= 15 is 0 Å². The molecule has 1 aromatic heterocycles. The second-order valence-corrected chi connectivity index (χ2v) is 4.56. The van der Waals surface area contributed by atoms with Crippen LogP contribution >= 0.6 is 0 Å². The van der Waals surface area contributed by atoms with Crippen molar-refractivity contribution in [3.05, 3.63) is 22.8 Å². The number of carboxylic acid groups (broad SMARTS) is 1. The second-order valence-electron chi connectivity index (χ2n) is 4.56. The van der Waals surface area contributed by atoms with Crippen molar-refractivity contribution >= 4 is 5.97 Å². The van der Waals surface area contributed by atoms with E-state index in [1.165, 1.54) is 0 Å². The van der Waals surface area contributed by atoms with Crippen molar-refractivity contribution in [1.29, 1.82) is 0 Å². The van der Waals surface area contributed by atoms with Crippen molar-refractivity contribution in [3.8, 4) is 0 Å². The molecule has 0 aromatic carbocycles. The number of halogens is 3. The zero-order chi connectivity index (χ0) is 15.5. The van der Waals surface area contributed by atoms with Gasteiger partial charge in [0.2, 0.25) is 0 Å². The van der Waals surface area contributed by atoms with Gasteiger partial charge in [-0.1, -0.05) is 0 Å². The minimum atomic E-state index is -4.38. The smallest absolute Gasteiger partial charge is 0.411 e. The fourth-order valence-electron chi connectivity index (χ4n) is 2.03. The third kappa shape index (κ3) is 4.36. The highest BCUT2D eigenvalue weighted by Gasteiger charge is 2.27. The van der Waals surface area contributed by atoms with Crippen molar-refractivity contribution in [3.63, 3.8) is 0 Å². The normalized spacial score (nSPS) is 14.8. The summed E-state index contributed by atoms with van der Waals surface area (Å²) >= 11 is 0. The van der Waals surface area contributed by atoms with Crippen LogP contribution < -0.4 is 5.32 Å². The Balaban J connectivity index is 2.06. The molecule has 1 aromatic rings. The highest BCUT2D eigenvalue weighted by molar-refractivity contribution is 5.87. The van der Waals surface area contributed by atoms with Gasteiger partial charge in [0.25, 0.3) is 0 Å². The molecular formula is C12H14F3N3O3. The molecule has 0 unspecified atom stereocenters. The summed E-state index contributed by atoms with van der Waals surface area (Å²) < 4.78 is 40.3. The summed E-state index contributed by atoms with van der Waals surface area (Å²) in [5.74, 6) is -0.981. The average Bonchev–Trinajstić information content (AvgIpc) is 2.41. The van der Waals surface area contributed by atoms with Gasteiger partial charge < -0.3 is 15.2 Å². The number of ether oxygens (including phenoxy) is 1. The first-order chi connectivity index (χ1) is 9.87. The third-order valence-electron chi connectivity index (χ3n) is 2.92. The van der Waals surface area contributed by atoms with Crippen LogP contribution in [0.5, 0.6) is 0 Å². The number of alkyl halides is 3. The molecule has 0 fully saturated rings. The lowest BCUT2D eigenvalue weighted by Crippen LogP contribution is -2.28. The predicted octanol–water partition coefficient (Wildman–Crippen LogP) is 0.942. The molecule has 116 valence electrons. The van der Waals surface area contributed by atoms with Crippen molar-refractivity contribution < 1.29 is 27.8 Å². The quantitative estimate of drug-likeness (QED) is 0.788. The van der Waals surface area contributed by atoms with Gasteiger partial charge in [-0.05, 0) is 0 Å². The van der Waals surface area contributed by atoms with E-state index in [9.17, 15) is 18.0 Å². The summed E-state index contributed by atoms with van der Waals surface area (Å²) in [6, 6.07) is 0. The zero-order valence-corrected chi connectivity index (χ0v) is 11.0. The van der Waals surface area contributed by atoms with Gasteiger partial charge in [0.05, 0.1) is 12.3 Å². The Labute approximate surface area is 118 Å². The van der Waals surface area contributed by atoms with E-state index in [1.54, 1.807) is 0 Å². The van der Waals surface area contributed by atoms with Gasteiger partial charge in [0.15, 0.2) is 5.69 Å². The molecule has 0 amide bonds. The fourth-order valence-corrected chi connectivity index (χ4v) is 2.03. The summed E-state index contributed by atoms with van der Waals surface area (Å²) in [5, 5.41) is 12.2. The lowest BCUT2D eigenvalue weighted by atomic mass is 10.1. The minimum Gasteiger partial charge on any atom is -0.476 e. The van der Waals surface area contributed by atoms with Crippen molar-refractivity contribution in [1.82, 2.24) is 15.3 Å². The van der Waals surface area contributed by atoms with E-state index in [0.29, 0.717) is 30.8 Å². The highest BCUT2D eigenvalue weighted by Crippen LogP contribution is 2.17. The summed E-state index contributed by atoms with van der Waals surface area (Å²) in [4.78, 5) is 19.3. The number of nitrogens with one attached hydrogen (secondary N) is 1. The number of hydrogen-bond donors (Lipinski definition) is 2. The molecule has 0 bridgehead atoms. The van der Waals surface area contributed by atoms with E-state index in [2.05, 4.69) is 20.0 Å². The van der Waals surface area contributed by atoms with Crippen LogP contribution in [0.1, 0.15) is 27.6 Å². The van der Waals surface area contributed by atoms with Gasteiger partial charge in [-0.15, -0.1) is 0 Å². The number of rotatable bonds is 5. The van der Waals surface area contributed by atoms with Crippen LogP contribution in [0.15, 0.2) is 0 Å². The standard InChI is InChI=1S/C12H14F3N3O3/c13-12(14,15)6-21-4-2-9-17-8-1-3-16-5-7(8)10(18-9)11(19)20/h16H,1-6H2,(H,19,20). The van der Waals surface area contributed by atoms with Crippen LogP contribution in [0.2, 0.25) is 0 Å². The van der Waals surface area contributed by atoms with Gasteiger partial charge in [0, 0.05) is 31.5 Å². The lowest BCUT2D eigenvalue weighted by Gasteiger charge is -2.18. The van der Waals surface area contributed by atoms with Crippen molar-refractivity contribution in [2.75, 3.05) is 19.8 Å². The maximum absolute atomic E-state index is 11.9. The molecule has 2 N–H and O–H groups in total. The SMILES string of the molecule is O=C(O)c1nc(CCOCC(F)(F)F)nc2c1CNCC2. The van der Waals surface area contributed by atoms with E-state index in [0.717, 1.165) is 0 Å². The molecule has 0 saturated carbocycles. The first-order valence-corrected chi connectivity index (χ1v) is 6.34. The summed E-state index contributed by atoms with van der Waals surface area (Å²) in [6.07, 6.45) is -3.78. The number of nitrogens with zero attached hydrogens (tertiary/aromatic N) is 2. The first-order valence-electron chi connectivity index (χ1n) is 6.34. The van der Waals surface area contributed by atoms with E-state index in [4.69, 9.17) is 5.11 Å². The van der Waals surface area contributed by atoms with Gasteiger partial charge in [-0.2, -0.15) is 13.2 Å². The molecule has 0 radical (unpaired) electrons. The number of carbonyl (C=O) groups is 1.